The Morgan fingerprint density at radius 3 is 2.45 bits per heavy atom. The highest BCUT2D eigenvalue weighted by molar-refractivity contribution is 6.13. The molecule has 1 aliphatic rings. The average molecular weight is 389 g/mol. The van der Waals surface area contributed by atoms with Crippen LogP contribution in [-0.2, 0) is 9.59 Å². The maximum Gasteiger partial charge on any atom is 0.265 e. The minimum absolute atomic E-state index is 0.247. The molecule has 0 radical (unpaired) electrons. The van der Waals surface area contributed by atoms with Crippen LogP contribution in [0.4, 0.5) is 17.1 Å². The molecule has 1 unspecified atom stereocenters. The van der Waals surface area contributed by atoms with E-state index in [0.29, 0.717) is 28.4 Å². The lowest BCUT2D eigenvalue weighted by atomic mass is 10.0. The van der Waals surface area contributed by atoms with Crippen molar-refractivity contribution in [3.63, 3.8) is 0 Å². The van der Waals surface area contributed by atoms with Crippen LogP contribution in [0, 0.1) is 0 Å². The first kappa shape index (κ1) is 18.5. The van der Waals surface area contributed by atoms with Crippen LogP contribution in [0.1, 0.15) is 24.2 Å². The highest BCUT2D eigenvalue weighted by Crippen LogP contribution is 2.33. The van der Waals surface area contributed by atoms with Crippen LogP contribution in [0.25, 0.3) is 10.8 Å². The van der Waals surface area contributed by atoms with E-state index in [1.807, 2.05) is 24.3 Å². The van der Waals surface area contributed by atoms with Crippen LogP contribution in [0.5, 0.6) is 5.75 Å². The SMILES string of the molecule is CC(=O)Nc1cc2ccccc2cc1C(=O)Nc1ccc2c(c1)NC(=O)C(C)O2. The molecule has 0 saturated carbocycles. The fourth-order valence-electron chi connectivity index (χ4n) is 3.21. The van der Waals surface area contributed by atoms with Crippen LogP contribution in [0.3, 0.4) is 0 Å². The van der Waals surface area contributed by atoms with E-state index >= 15 is 0 Å². The van der Waals surface area contributed by atoms with E-state index in [2.05, 4.69) is 16.0 Å². The molecule has 0 spiro atoms. The summed E-state index contributed by atoms with van der Waals surface area (Å²) < 4.78 is 5.53. The molecule has 7 nitrogen and oxygen atoms in total. The lowest BCUT2D eigenvalue weighted by molar-refractivity contribution is -0.122. The van der Waals surface area contributed by atoms with E-state index in [-0.39, 0.29) is 17.7 Å². The van der Waals surface area contributed by atoms with Crippen LogP contribution >= 0.6 is 0 Å². The van der Waals surface area contributed by atoms with Gasteiger partial charge in [0.15, 0.2) is 6.10 Å². The Kier molecular flexibility index (Phi) is 4.64. The molecule has 29 heavy (non-hydrogen) atoms. The molecular formula is C22H19N3O4. The number of carbonyl (C=O) groups excluding carboxylic acids is 3. The maximum absolute atomic E-state index is 13.0. The number of nitrogens with one attached hydrogen (secondary N) is 3. The monoisotopic (exact) mass is 389 g/mol. The van der Waals surface area contributed by atoms with Gasteiger partial charge in [-0.25, -0.2) is 0 Å². The number of anilines is 3. The molecule has 1 aliphatic heterocycles. The third-order valence-corrected chi connectivity index (χ3v) is 4.61. The molecular weight excluding hydrogens is 370 g/mol. The Morgan fingerprint density at radius 1 is 1.00 bits per heavy atom. The Hall–Kier alpha value is -3.87. The molecule has 3 aromatic carbocycles. The van der Waals surface area contributed by atoms with Gasteiger partial charge in [0.05, 0.1) is 16.9 Å². The summed E-state index contributed by atoms with van der Waals surface area (Å²) in [4.78, 5) is 36.4. The van der Waals surface area contributed by atoms with Gasteiger partial charge in [-0.2, -0.15) is 0 Å². The van der Waals surface area contributed by atoms with E-state index in [1.165, 1.54) is 6.92 Å². The van der Waals surface area contributed by atoms with Crippen molar-refractivity contribution in [3.05, 3.63) is 60.2 Å². The molecule has 3 amide bonds. The summed E-state index contributed by atoms with van der Waals surface area (Å²) in [5, 5.41) is 10.1. The van der Waals surface area contributed by atoms with Crippen molar-refractivity contribution in [2.45, 2.75) is 20.0 Å². The number of fused-ring (bicyclic) bond motifs is 2. The van der Waals surface area contributed by atoms with E-state index < -0.39 is 6.10 Å². The zero-order valence-corrected chi connectivity index (χ0v) is 15.9. The van der Waals surface area contributed by atoms with Gasteiger partial charge < -0.3 is 20.7 Å². The molecule has 0 saturated heterocycles. The van der Waals surface area contributed by atoms with Gasteiger partial charge in [0, 0.05) is 12.6 Å². The summed E-state index contributed by atoms with van der Waals surface area (Å²) in [7, 11) is 0. The summed E-state index contributed by atoms with van der Waals surface area (Å²) in [6.45, 7) is 3.06. The van der Waals surface area contributed by atoms with Gasteiger partial charge in [-0.1, -0.05) is 24.3 Å². The first-order chi connectivity index (χ1) is 13.9. The molecule has 1 heterocycles. The lowest BCUT2D eigenvalue weighted by Gasteiger charge is -2.23. The summed E-state index contributed by atoms with van der Waals surface area (Å²) >= 11 is 0. The van der Waals surface area contributed by atoms with Gasteiger partial charge >= 0.3 is 0 Å². The van der Waals surface area contributed by atoms with Gasteiger partial charge in [0.2, 0.25) is 5.91 Å². The van der Waals surface area contributed by atoms with Crippen molar-refractivity contribution in [2.24, 2.45) is 0 Å². The van der Waals surface area contributed by atoms with E-state index in [0.717, 1.165) is 10.8 Å². The average Bonchev–Trinajstić information content (AvgIpc) is 2.68. The molecule has 0 bridgehead atoms. The van der Waals surface area contributed by atoms with Crippen molar-refractivity contribution in [2.75, 3.05) is 16.0 Å². The van der Waals surface area contributed by atoms with E-state index in [9.17, 15) is 14.4 Å². The molecule has 7 heteroatoms. The number of benzene rings is 3. The Balaban J connectivity index is 1.66. The van der Waals surface area contributed by atoms with E-state index in [1.54, 1.807) is 37.3 Å². The molecule has 0 fully saturated rings. The van der Waals surface area contributed by atoms with Crippen molar-refractivity contribution in [1.29, 1.82) is 0 Å². The van der Waals surface area contributed by atoms with Crippen molar-refractivity contribution >= 4 is 45.6 Å². The molecule has 1 atom stereocenters. The normalized spacial score (nSPS) is 15.1. The standard InChI is InChI=1S/C22H19N3O4/c1-12-21(27)25-19-11-16(7-8-20(19)29-12)24-22(28)17-9-14-5-3-4-6-15(14)10-18(17)23-13(2)26/h3-12H,1-2H3,(H,23,26)(H,24,28)(H,25,27). The predicted octanol–water partition coefficient (Wildman–Crippen LogP) is 3.77. The second-order valence-corrected chi connectivity index (χ2v) is 6.84. The second kappa shape index (κ2) is 7.27. The molecule has 4 rings (SSSR count). The first-order valence-electron chi connectivity index (χ1n) is 9.14. The number of hydrogen-bond donors (Lipinski definition) is 3. The zero-order chi connectivity index (χ0) is 20.5. The Labute approximate surface area is 167 Å². The Bertz CT molecular complexity index is 1160. The minimum Gasteiger partial charge on any atom is -0.479 e. The van der Waals surface area contributed by atoms with Gasteiger partial charge in [-0.15, -0.1) is 0 Å². The van der Waals surface area contributed by atoms with Crippen LogP contribution in [0.2, 0.25) is 0 Å². The summed E-state index contributed by atoms with van der Waals surface area (Å²) in [5.74, 6) is -0.351. The number of rotatable bonds is 3. The molecule has 3 aromatic rings. The zero-order valence-electron chi connectivity index (χ0n) is 15.9. The maximum atomic E-state index is 13.0. The molecule has 3 N–H and O–H groups in total. The van der Waals surface area contributed by atoms with Crippen molar-refractivity contribution in [3.8, 4) is 5.75 Å². The predicted molar refractivity (Wildman–Crippen MR) is 111 cm³/mol. The quantitative estimate of drug-likeness (QED) is 0.635. The fourth-order valence-corrected chi connectivity index (χ4v) is 3.21. The van der Waals surface area contributed by atoms with Crippen LogP contribution < -0.4 is 20.7 Å². The van der Waals surface area contributed by atoms with Crippen LogP contribution in [-0.4, -0.2) is 23.8 Å². The number of carbonyl (C=O) groups is 3. The first-order valence-corrected chi connectivity index (χ1v) is 9.14. The smallest absolute Gasteiger partial charge is 0.265 e. The fraction of sp³-hybridized carbons (Fsp3) is 0.136. The number of hydrogen-bond acceptors (Lipinski definition) is 4. The third kappa shape index (κ3) is 3.75. The Morgan fingerprint density at radius 2 is 1.72 bits per heavy atom. The summed E-state index contributed by atoms with van der Waals surface area (Å²) in [6.07, 6.45) is -0.569. The lowest BCUT2D eigenvalue weighted by Crippen LogP contribution is -2.34. The molecule has 0 aromatic heterocycles. The van der Waals surface area contributed by atoms with Gasteiger partial charge in [-0.05, 0) is 48.0 Å². The van der Waals surface area contributed by atoms with Gasteiger partial charge in [0.1, 0.15) is 5.75 Å². The molecule has 0 aliphatic carbocycles. The van der Waals surface area contributed by atoms with Crippen molar-refractivity contribution in [1.82, 2.24) is 0 Å². The topological polar surface area (TPSA) is 96.5 Å². The second-order valence-electron chi connectivity index (χ2n) is 6.84. The number of ether oxygens (including phenoxy) is 1. The summed E-state index contributed by atoms with van der Waals surface area (Å²) in [6, 6.07) is 16.1. The highest BCUT2D eigenvalue weighted by Gasteiger charge is 2.24. The number of amides is 3. The van der Waals surface area contributed by atoms with Gasteiger partial charge in [0.25, 0.3) is 11.8 Å². The third-order valence-electron chi connectivity index (χ3n) is 4.61. The highest BCUT2D eigenvalue weighted by atomic mass is 16.5. The minimum atomic E-state index is -0.569. The van der Waals surface area contributed by atoms with E-state index in [4.69, 9.17) is 4.74 Å². The van der Waals surface area contributed by atoms with Crippen LogP contribution in [0.15, 0.2) is 54.6 Å². The summed E-state index contributed by atoms with van der Waals surface area (Å²) in [5.41, 5.74) is 1.75. The molecule has 146 valence electrons. The van der Waals surface area contributed by atoms with Gasteiger partial charge in [-0.3, -0.25) is 14.4 Å². The van der Waals surface area contributed by atoms with Crippen molar-refractivity contribution < 1.29 is 19.1 Å². The largest absolute Gasteiger partial charge is 0.479 e.